The first-order valence-corrected chi connectivity index (χ1v) is 5.29. The molecule has 1 saturated heterocycles. The molecule has 1 aromatic rings. The van der Waals surface area contributed by atoms with Crippen molar-refractivity contribution in [2.75, 3.05) is 25.5 Å². The standard InChI is InChI=1S/C11H15N3O2/c1-14-5-4-9(7-14)13-8-2-3-10(11(15)16)12-6-8/h2-3,6,9,13H,4-5,7H2,1H3,(H,15,16). The summed E-state index contributed by atoms with van der Waals surface area (Å²) in [6, 6.07) is 3.71. The van der Waals surface area contributed by atoms with E-state index >= 15 is 0 Å². The lowest BCUT2D eigenvalue weighted by atomic mass is 10.2. The van der Waals surface area contributed by atoms with E-state index in [2.05, 4.69) is 22.2 Å². The summed E-state index contributed by atoms with van der Waals surface area (Å²) in [7, 11) is 2.09. The zero-order valence-electron chi connectivity index (χ0n) is 9.18. The third-order valence-electron chi connectivity index (χ3n) is 2.74. The Labute approximate surface area is 94.1 Å². The molecular formula is C11H15N3O2. The zero-order valence-corrected chi connectivity index (χ0v) is 9.18. The smallest absolute Gasteiger partial charge is 0.354 e. The quantitative estimate of drug-likeness (QED) is 0.793. The van der Waals surface area contributed by atoms with Crippen LogP contribution in [0.3, 0.4) is 0 Å². The summed E-state index contributed by atoms with van der Waals surface area (Å²) in [6.45, 7) is 2.11. The molecule has 1 aromatic heterocycles. The number of carboxylic acid groups (broad SMARTS) is 1. The van der Waals surface area contributed by atoms with Crippen molar-refractivity contribution >= 4 is 11.7 Å². The van der Waals surface area contributed by atoms with Gasteiger partial charge in [0.2, 0.25) is 0 Å². The predicted octanol–water partition coefficient (Wildman–Crippen LogP) is 0.896. The van der Waals surface area contributed by atoms with E-state index in [-0.39, 0.29) is 5.69 Å². The van der Waals surface area contributed by atoms with Crippen LogP contribution in [0, 0.1) is 0 Å². The predicted molar refractivity (Wildman–Crippen MR) is 60.7 cm³/mol. The Hall–Kier alpha value is -1.62. The number of pyridine rings is 1. The van der Waals surface area contributed by atoms with Gasteiger partial charge >= 0.3 is 5.97 Å². The molecule has 5 heteroatoms. The van der Waals surface area contributed by atoms with E-state index in [1.165, 1.54) is 6.07 Å². The molecule has 2 N–H and O–H groups in total. The summed E-state index contributed by atoms with van der Waals surface area (Å²) >= 11 is 0. The van der Waals surface area contributed by atoms with Crippen LogP contribution in [-0.2, 0) is 0 Å². The van der Waals surface area contributed by atoms with Crippen molar-refractivity contribution in [3.05, 3.63) is 24.0 Å². The average Bonchev–Trinajstić information content (AvgIpc) is 2.65. The Bertz CT molecular complexity index is 377. The van der Waals surface area contributed by atoms with Gasteiger partial charge in [-0.25, -0.2) is 9.78 Å². The van der Waals surface area contributed by atoms with Gasteiger partial charge in [-0.2, -0.15) is 0 Å². The molecule has 1 unspecified atom stereocenters. The highest BCUT2D eigenvalue weighted by atomic mass is 16.4. The van der Waals surface area contributed by atoms with Crippen molar-refractivity contribution in [3.8, 4) is 0 Å². The zero-order chi connectivity index (χ0) is 11.5. The van der Waals surface area contributed by atoms with Crippen LogP contribution < -0.4 is 5.32 Å². The van der Waals surface area contributed by atoms with E-state index in [1.54, 1.807) is 12.3 Å². The summed E-state index contributed by atoms with van der Waals surface area (Å²) in [5.41, 5.74) is 0.958. The molecular weight excluding hydrogens is 206 g/mol. The van der Waals surface area contributed by atoms with Crippen LogP contribution in [0.2, 0.25) is 0 Å². The summed E-state index contributed by atoms with van der Waals surface area (Å²) in [6.07, 6.45) is 2.68. The number of hydrogen-bond donors (Lipinski definition) is 2. The van der Waals surface area contributed by atoms with Crippen molar-refractivity contribution in [2.24, 2.45) is 0 Å². The first-order chi connectivity index (χ1) is 7.65. The van der Waals surface area contributed by atoms with Gasteiger partial charge in [-0.1, -0.05) is 0 Å². The molecule has 0 amide bonds. The Morgan fingerprint density at radius 2 is 2.44 bits per heavy atom. The minimum Gasteiger partial charge on any atom is -0.477 e. The van der Waals surface area contributed by atoms with Gasteiger partial charge in [0.15, 0.2) is 0 Å². The Morgan fingerprint density at radius 1 is 1.62 bits per heavy atom. The Kier molecular flexibility index (Phi) is 3.05. The van der Waals surface area contributed by atoms with Crippen LogP contribution in [0.15, 0.2) is 18.3 Å². The van der Waals surface area contributed by atoms with Crippen LogP contribution >= 0.6 is 0 Å². The van der Waals surface area contributed by atoms with Gasteiger partial charge < -0.3 is 15.3 Å². The number of carbonyl (C=O) groups is 1. The minimum atomic E-state index is -0.993. The molecule has 2 rings (SSSR count). The third kappa shape index (κ3) is 2.49. The molecule has 16 heavy (non-hydrogen) atoms. The number of nitrogens with zero attached hydrogens (tertiary/aromatic N) is 2. The van der Waals surface area contributed by atoms with Crippen LogP contribution in [-0.4, -0.2) is 47.1 Å². The van der Waals surface area contributed by atoms with Gasteiger partial charge in [0.05, 0.1) is 11.9 Å². The minimum absolute atomic E-state index is 0.0779. The fourth-order valence-corrected chi connectivity index (χ4v) is 1.89. The van der Waals surface area contributed by atoms with Crippen LogP contribution in [0.25, 0.3) is 0 Å². The molecule has 0 aromatic carbocycles. The number of aromatic carboxylic acids is 1. The van der Waals surface area contributed by atoms with Crippen molar-refractivity contribution in [1.29, 1.82) is 0 Å². The largest absolute Gasteiger partial charge is 0.477 e. The molecule has 5 nitrogen and oxygen atoms in total. The monoisotopic (exact) mass is 221 g/mol. The second kappa shape index (κ2) is 4.49. The number of anilines is 1. The van der Waals surface area contributed by atoms with Gasteiger partial charge in [-0.15, -0.1) is 0 Å². The lowest BCUT2D eigenvalue weighted by Crippen LogP contribution is -2.23. The van der Waals surface area contributed by atoms with Gasteiger partial charge in [-0.05, 0) is 32.1 Å². The van der Waals surface area contributed by atoms with E-state index < -0.39 is 5.97 Å². The lowest BCUT2D eigenvalue weighted by molar-refractivity contribution is 0.0690. The normalized spacial score (nSPS) is 20.9. The molecule has 1 fully saturated rings. The van der Waals surface area contributed by atoms with Crippen LogP contribution in [0.5, 0.6) is 0 Å². The van der Waals surface area contributed by atoms with Crippen molar-refractivity contribution in [3.63, 3.8) is 0 Å². The number of likely N-dealkylation sites (N-methyl/N-ethyl adjacent to an activating group) is 1. The van der Waals surface area contributed by atoms with E-state index in [1.807, 2.05) is 0 Å². The van der Waals surface area contributed by atoms with Gasteiger partial charge in [0.25, 0.3) is 0 Å². The van der Waals surface area contributed by atoms with E-state index in [0.29, 0.717) is 6.04 Å². The van der Waals surface area contributed by atoms with E-state index in [4.69, 9.17) is 5.11 Å². The maximum Gasteiger partial charge on any atom is 0.354 e. The summed E-state index contributed by atoms with van der Waals surface area (Å²) in [4.78, 5) is 16.7. The summed E-state index contributed by atoms with van der Waals surface area (Å²) in [5.74, 6) is -0.993. The van der Waals surface area contributed by atoms with Gasteiger partial charge in [0.1, 0.15) is 5.69 Å². The first kappa shape index (κ1) is 10.9. The molecule has 1 aliphatic rings. The number of carboxylic acids is 1. The average molecular weight is 221 g/mol. The Morgan fingerprint density at radius 3 is 2.94 bits per heavy atom. The highest BCUT2D eigenvalue weighted by Gasteiger charge is 2.18. The van der Waals surface area contributed by atoms with E-state index in [0.717, 1.165) is 25.2 Å². The number of aromatic nitrogens is 1. The third-order valence-corrected chi connectivity index (χ3v) is 2.74. The fraction of sp³-hybridized carbons (Fsp3) is 0.455. The lowest BCUT2D eigenvalue weighted by Gasteiger charge is -2.13. The second-order valence-electron chi connectivity index (χ2n) is 4.13. The maximum atomic E-state index is 10.6. The van der Waals surface area contributed by atoms with Gasteiger partial charge in [0, 0.05) is 12.6 Å². The van der Waals surface area contributed by atoms with Crippen molar-refractivity contribution in [2.45, 2.75) is 12.5 Å². The molecule has 0 radical (unpaired) electrons. The van der Waals surface area contributed by atoms with E-state index in [9.17, 15) is 4.79 Å². The van der Waals surface area contributed by atoms with Crippen LogP contribution in [0.1, 0.15) is 16.9 Å². The van der Waals surface area contributed by atoms with Crippen LogP contribution in [0.4, 0.5) is 5.69 Å². The molecule has 0 bridgehead atoms. The molecule has 86 valence electrons. The topological polar surface area (TPSA) is 65.5 Å². The fourth-order valence-electron chi connectivity index (χ4n) is 1.89. The first-order valence-electron chi connectivity index (χ1n) is 5.29. The number of nitrogens with one attached hydrogen (secondary N) is 1. The SMILES string of the molecule is CN1CCC(Nc2ccc(C(=O)O)nc2)C1. The second-order valence-corrected chi connectivity index (χ2v) is 4.13. The number of hydrogen-bond acceptors (Lipinski definition) is 4. The highest BCUT2D eigenvalue weighted by Crippen LogP contribution is 2.14. The van der Waals surface area contributed by atoms with Crippen molar-refractivity contribution < 1.29 is 9.90 Å². The number of likely N-dealkylation sites (tertiary alicyclic amines) is 1. The molecule has 0 spiro atoms. The molecule has 1 aliphatic heterocycles. The highest BCUT2D eigenvalue weighted by molar-refractivity contribution is 5.85. The summed E-state index contributed by atoms with van der Waals surface area (Å²) in [5, 5.41) is 12.0. The summed E-state index contributed by atoms with van der Waals surface area (Å²) < 4.78 is 0. The Balaban J connectivity index is 1.97. The molecule has 0 aliphatic carbocycles. The van der Waals surface area contributed by atoms with Gasteiger partial charge in [-0.3, -0.25) is 0 Å². The maximum absolute atomic E-state index is 10.6. The number of rotatable bonds is 3. The molecule has 0 saturated carbocycles. The van der Waals surface area contributed by atoms with Crippen molar-refractivity contribution in [1.82, 2.24) is 9.88 Å². The molecule has 1 atom stereocenters. The molecule has 2 heterocycles.